The Labute approximate surface area is 286 Å². The maximum absolute atomic E-state index is 14.6. The number of anilines is 2. The van der Waals surface area contributed by atoms with Crippen molar-refractivity contribution in [3.63, 3.8) is 0 Å². The van der Waals surface area contributed by atoms with Gasteiger partial charge in [-0.2, -0.15) is 5.10 Å². The summed E-state index contributed by atoms with van der Waals surface area (Å²) in [5.41, 5.74) is 11.7. The summed E-state index contributed by atoms with van der Waals surface area (Å²) in [7, 11) is 0. The van der Waals surface area contributed by atoms with Crippen LogP contribution in [0.15, 0.2) is 71.6 Å². The highest BCUT2D eigenvalue weighted by atomic mass is 32.2. The summed E-state index contributed by atoms with van der Waals surface area (Å²) < 4.78 is 18.1. The van der Waals surface area contributed by atoms with Gasteiger partial charge in [0.2, 0.25) is 0 Å². The van der Waals surface area contributed by atoms with Crippen LogP contribution in [0.4, 0.5) is 11.4 Å². The van der Waals surface area contributed by atoms with Gasteiger partial charge in [-0.15, -0.1) is 0 Å². The summed E-state index contributed by atoms with van der Waals surface area (Å²) in [4.78, 5) is 32.3. The Morgan fingerprint density at radius 1 is 1.02 bits per heavy atom. The molecule has 1 aliphatic heterocycles. The van der Waals surface area contributed by atoms with Crippen LogP contribution in [-0.4, -0.2) is 66.8 Å². The zero-order valence-corrected chi connectivity index (χ0v) is 29.1. The van der Waals surface area contributed by atoms with Crippen LogP contribution in [0.1, 0.15) is 82.8 Å². The Morgan fingerprint density at radius 2 is 1.73 bits per heavy atom. The lowest BCUT2D eigenvalue weighted by molar-refractivity contribution is 0.0544. The van der Waals surface area contributed by atoms with Crippen molar-refractivity contribution >= 4 is 34.6 Å². The van der Waals surface area contributed by atoms with Crippen LogP contribution in [0.25, 0.3) is 5.69 Å². The number of unbranched alkanes of at least 4 members (excludes halogenated alkanes) is 2. The molecule has 5 rings (SSSR count). The summed E-state index contributed by atoms with van der Waals surface area (Å²) in [5.74, 6) is -0.436. The molecule has 254 valence electrons. The van der Waals surface area contributed by atoms with E-state index in [-0.39, 0.29) is 18.4 Å². The molecule has 4 N–H and O–H groups in total. The molecule has 2 heterocycles. The number of hydrogen-bond donors (Lipinski definition) is 3. The molecule has 0 fully saturated rings. The molecule has 3 aromatic carbocycles. The minimum absolute atomic E-state index is 0.134. The second-order valence-corrected chi connectivity index (χ2v) is 13.6. The zero-order valence-electron chi connectivity index (χ0n) is 28.2. The van der Waals surface area contributed by atoms with Gasteiger partial charge in [0.15, 0.2) is 10.6 Å². The van der Waals surface area contributed by atoms with Gasteiger partial charge < -0.3 is 25.2 Å². The SMILES string of the molecule is CCCCN(CCCC)C(=O)c1cc(C)n(-c2ccc(N[S+]([O-])c3cc(N)ccc3C)cc2C(=O)N2Cc3ccccc3C[C@H]2CO)n1. The third-order valence-corrected chi connectivity index (χ3v) is 10.1. The summed E-state index contributed by atoms with van der Waals surface area (Å²) >= 11 is -1.66. The van der Waals surface area contributed by atoms with Gasteiger partial charge in [-0.1, -0.05) is 57.0 Å². The Morgan fingerprint density at radius 3 is 2.42 bits per heavy atom. The van der Waals surface area contributed by atoms with E-state index in [4.69, 9.17) is 10.8 Å². The van der Waals surface area contributed by atoms with E-state index >= 15 is 0 Å². The molecule has 1 aromatic heterocycles. The molecule has 0 saturated carbocycles. The number of aliphatic hydroxyl groups excluding tert-OH is 1. The number of hydrogen-bond acceptors (Lipinski definition) is 7. The van der Waals surface area contributed by atoms with Crippen molar-refractivity contribution in [2.45, 2.75) is 77.3 Å². The van der Waals surface area contributed by atoms with E-state index in [0.717, 1.165) is 42.4 Å². The highest BCUT2D eigenvalue weighted by Gasteiger charge is 2.32. The molecule has 1 aliphatic rings. The van der Waals surface area contributed by atoms with Crippen molar-refractivity contribution in [2.24, 2.45) is 0 Å². The number of nitrogens with zero attached hydrogens (tertiary/aromatic N) is 4. The number of carbonyl (C=O) groups excluding carboxylic acids is 2. The number of aryl methyl sites for hydroxylation is 2. The Bertz CT molecular complexity index is 1750. The predicted octanol–water partition coefficient (Wildman–Crippen LogP) is 5.81. The van der Waals surface area contributed by atoms with Gasteiger partial charge in [-0.3, -0.25) is 9.59 Å². The summed E-state index contributed by atoms with van der Waals surface area (Å²) in [6, 6.07) is 19.7. The molecule has 0 aliphatic carbocycles. The fraction of sp³-hybridized carbons (Fsp3) is 0.378. The third kappa shape index (κ3) is 7.69. The van der Waals surface area contributed by atoms with E-state index in [1.54, 1.807) is 46.0 Å². The number of nitrogens with one attached hydrogen (secondary N) is 1. The largest absolute Gasteiger partial charge is 0.588 e. The lowest BCUT2D eigenvalue weighted by Gasteiger charge is -2.36. The normalized spacial score (nSPS) is 14.8. The maximum Gasteiger partial charge on any atom is 0.274 e. The average molecular weight is 671 g/mol. The summed E-state index contributed by atoms with van der Waals surface area (Å²) in [6.45, 7) is 9.38. The van der Waals surface area contributed by atoms with E-state index < -0.39 is 17.4 Å². The van der Waals surface area contributed by atoms with Crippen molar-refractivity contribution in [2.75, 3.05) is 30.2 Å². The zero-order chi connectivity index (χ0) is 34.4. The van der Waals surface area contributed by atoms with Crippen molar-refractivity contribution in [1.29, 1.82) is 0 Å². The number of aromatic nitrogens is 2. The maximum atomic E-state index is 14.6. The van der Waals surface area contributed by atoms with E-state index in [1.165, 1.54) is 0 Å². The van der Waals surface area contributed by atoms with Gasteiger partial charge in [0.1, 0.15) is 11.4 Å². The molecular weight excluding hydrogens is 625 g/mol. The quantitative estimate of drug-likeness (QED) is 0.121. The van der Waals surface area contributed by atoms with Crippen molar-refractivity contribution < 1.29 is 19.2 Å². The number of rotatable bonds is 13. The fourth-order valence-electron chi connectivity index (χ4n) is 6.07. The smallest absolute Gasteiger partial charge is 0.274 e. The number of aliphatic hydroxyl groups is 1. The number of nitrogen functional groups attached to an aromatic ring is 1. The first-order valence-corrected chi connectivity index (χ1v) is 17.8. The van der Waals surface area contributed by atoms with Crippen LogP contribution in [0.5, 0.6) is 0 Å². The van der Waals surface area contributed by atoms with Crippen LogP contribution < -0.4 is 10.5 Å². The van der Waals surface area contributed by atoms with Crippen LogP contribution >= 0.6 is 0 Å². The Balaban J connectivity index is 1.55. The topological polar surface area (TPSA) is 140 Å². The highest BCUT2D eigenvalue weighted by Crippen LogP contribution is 2.30. The monoisotopic (exact) mass is 670 g/mol. The van der Waals surface area contributed by atoms with Gasteiger partial charge >= 0.3 is 0 Å². The molecule has 4 aromatic rings. The van der Waals surface area contributed by atoms with Crippen molar-refractivity contribution in [1.82, 2.24) is 19.6 Å². The number of benzene rings is 3. The molecule has 0 saturated heterocycles. The van der Waals surface area contributed by atoms with Gasteiger partial charge in [0.25, 0.3) is 11.8 Å². The highest BCUT2D eigenvalue weighted by molar-refractivity contribution is 7.92. The molecule has 48 heavy (non-hydrogen) atoms. The third-order valence-electron chi connectivity index (χ3n) is 8.86. The minimum atomic E-state index is -1.66. The first-order chi connectivity index (χ1) is 23.1. The lowest BCUT2D eigenvalue weighted by atomic mass is 9.93. The van der Waals surface area contributed by atoms with Crippen LogP contribution in [-0.2, 0) is 24.3 Å². The van der Waals surface area contributed by atoms with E-state index in [9.17, 15) is 19.2 Å². The second kappa shape index (κ2) is 15.7. The molecular formula is C37H46N6O4S. The lowest BCUT2D eigenvalue weighted by Crippen LogP contribution is -2.46. The average Bonchev–Trinajstić information content (AvgIpc) is 3.49. The number of carbonyl (C=O) groups is 2. The molecule has 2 amide bonds. The molecule has 2 atom stereocenters. The number of amides is 2. The summed E-state index contributed by atoms with van der Waals surface area (Å²) in [6.07, 6.45) is 4.29. The van der Waals surface area contributed by atoms with Gasteiger partial charge in [-0.25, -0.2) is 9.40 Å². The van der Waals surface area contributed by atoms with Crippen molar-refractivity contribution in [3.05, 3.63) is 100 Å². The number of fused-ring (bicyclic) bond motifs is 1. The molecule has 1 unspecified atom stereocenters. The second-order valence-electron chi connectivity index (χ2n) is 12.5. The van der Waals surface area contributed by atoms with Crippen molar-refractivity contribution in [3.8, 4) is 5.69 Å². The fourth-order valence-corrected chi connectivity index (χ4v) is 7.13. The van der Waals surface area contributed by atoms with Gasteiger partial charge in [0, 0.05) is 42.6 Å². The minimum Gasteiger partial charge on any atom is -0.588 e. The van der Waals surface area contributed by atoms with E-state index in [1.807, 2.05) is 49.1 Å². The molecule has 10 nitrogen and oxygen atoms in total. The van der Waals surface area contributed by atoms with Crippen LogP contribution in [0, 0.1) is 13.8 Å². The Kier molecular flexibility index (Phi) is 11.5. The summed E-state index contributed by atoms with van der Waals surface area (Å²) in [5, 5.41) is 15.1. The first-order valence-electron chi connectivity index (χ1n) is 16.7. The van der Waals surface area contributed by atoms with Gasteiger partial charge in [-0.05, 0) is 74.6 Å². The predicted molar refractivity (Wildman–Crippen MR) is 191 cm³/mol. The van der Waals surface area contributed by atoms with Crippen LogP contribution in [0.2, 0.25) is 0 Å². The van der Waals surface area contributed by atoms with E-state index in [2.05, 4.69) is 18.6 Å². The van der Waals surface area contributed by atoms with Crippen LogP contribution in [0.3, 0.4) is 0 Å². The molecule has 11 heteroatoms. The van der Waals surface area contributed by atoms with Gasteiger partial charge in [0.05, 0.1) is 29.6 Å². The molecule has 0 radical (unpaired) electrons. The first kappa shape index (κ1) is 35.0. The standard InChI is InChI=1S/C37H46N6O4S/c1-5-7-17-41(18-8-6-2)37(46)33-19-26(4)43(39-33)34-16-15-30(40-48(47)35-21-29(38)14-13-25(35)3)22-32(34)36(45)42-23-28-12-10-9-11-27(28)20-31(42)24-44/h9-16,19,21-22,31,40,44H,5-8,17-18,20,23-24,38H2,1-4H3/t31-,48?/m0/s1. The molecule has 0 bridgehead atoms. The Hall–Kier alpha value is -4.32. The number of nitrogens with two attached hydrogens (primary N) is 1. The van der Waals surface area contributed by atoms with E-state index in [0.29, 0.717) is 65.0 Å². The molecule has 0 spiro atoms.